The molecule has 18 heavy (non-hydrogen) atoms. The normalized spacial score (nSPS) is 10.7. The van der Waals surface area contributed by atoms with Gasteiger partial charge >= 0.3 is 0 Å². The molecule has 0 saturated heterocycles. The van der Waals surface area contributed by atoms with Gasteiger partial charge < -0.3 is 5.11 Å². The van der Waals surface area contributed by atoms with Crippen molar-refractivity contribution in [3.63, 3.8) is 0 Å². The second-order valence-corrected chi connectivity index (χ2v) is 5.28. The van der Waals surface area contributed by atoms with E-state index in [2.05, 4.69) is 0 Å². The molecule has 94 valence electrons. The van der Waals surface area contributed by atoms with Crippen molar-refractivity contribution in [2.45, 2.75) is 6.61 Å². The Kier molecular flexibility index (Phi) is 4.41. The number of aliphatic hydroxyl groups excluding tert-OH is 1. The van der Waals surface area contributed by atoms with E-state index < -0.39 is 0 Å². The van der Waals surface area contributed by atoms with Crippen LogP contribution in [0.3, 0.4) is 0 Å². The van der Waals surface area contributed by atoms with Gasteiger partial charge in [0.1, 0.15) is 0 Å². The summed E-state index contributed by atoms with van der Waals surface area (Å²) < 4.78 is 0. The highest BCUT2D eigenvalue weighted by atomic mass is 35.5. The predicted octanol–water partition coefficient (Wildman–Crippen LogP) is 5.46. The molecule has 0 aliphatic carbocycles. The minimum Gasteiger partial charge on any atom is -0.392 e. The van der Waals surface area contributed by atoms with Gasteiger partial charge in [-0.15, -0.1) is 0 Å². The van der Waals surface area contributed by atoms with Crippen LogP contribution in [0.4, 0.5) is 0 Å². The number of aliphatic hydroxyl groups is 1. The molecule has 1 nitrogen and oxygen atoms in total. The van der Waals surface area contributed by atoms with Gasteiger partial charge in [-0.1, -0.05) is 58.5 Å². The molecular weight excluding hydrogens is 314 g/mol. The van der Waals surface area contributed by atoms with Gasteiger partial charge in [0.05, 0.1) is 21.7 Å². The summed E-state index contributed by atoms with van der Waals surface area (Å²) >= 11 is 24.0. The first-order valence-corrected chi connectivity index (χ1v) is 6.59. The quantitative estimate of drug-likeness (QED) is 0.728. The number of hydrogen-bond acceptors (Lipinski definition) is 1. The van der Waals surface area contributed by atoms with Gasteiger partial charge in [0.15, 0.2) is 0 Å². The summed E-state index contributed by atoms with van der Waals surface area (Å²) in [4.78, 5) is 0. The minimum absolute atomic E-state index is 0.132. The zero-order valence-corrected chi connectivity index (χ0v) is 12.1. The molecule has 0 bridgehead atoms. The Morgan fingerprint density at radius 2 is 1.50 bits per heavy atom. The van der Waals surface area contributed by atoms with Crippen molar-refractivity contribution in [2.24, 2.45) is 0 Å². The second-order valence-electron chi connectivity index (χ2n) is 3.68. The lowest BCUT2D eigenvalue weighted by atomic mass is 10.00. The van der Waals surface area contributed by atoms with E-state index in [4.69, 9.17) is 46.4 Å². The summed E-state index contributed by atoms with van der Waals surface area (Å²) in [5.74, 6) is 0. The molecule has 0 amide bonds. The van der Waals surface area contributed by atoms with Crippen molar-refractivity contribution >= 4 is 46.4 Å². The third kappa shape index (κ3) is 2.61. The number of halogens is 4. The SMILES string of the molecule is OCc1cc(Cl)ccc1-c1ccc(Cl)c(Cl)c1Cl. The van der Waals surface area contributed by atoms with Gasteiger partial charge in [0.25, 0.3) is 0 Å². The Labute approximate surface area is 125 Å². The highest BCUT2D eigenvalue weighted by molar-refractivity contribution is 6.49. The molecular formula is C13H8Cl4O. The fourth-order valence-electron chi connectivity index (χ4n) is 1.69. The molecule has 0 aliphatic rings. The Balaban J connectivity index is 2.66. The average molecular weight is 322 g/mol. The van der Waals surface area contributed by atoms with Gasteiger partial charge in [0.2, 0.25) is 0 Å². The van der Waals surface area contributed by atoms with E-state index in [0.29, 0.717) is 31.2 Å². The van der Waals surface area contributed by atoms with Gasteiger partial charge in [-0.05, 0) is 29.3 Å². The van der Waals surface area contributed by atoms with Crippen molar-refractivity contribution in [2.75, 3.05) is 0 Å². The van der Waals surface area contributed by atoms with Crippen LogP contribution in [0, 0.1) is 0 Å². The standard InChI is InChI=1S/C13H8Cl4O/c14-8-1-2-9(7(5-8)6-18)10-3-4-11(15)13(17)12(10)16/h1-5,18H,6H2. The van der Waals surface area contributed by atoms with E-state index in [0.717, 1.165) is 5.56 Å². The molecule has 0 aromatic heterocycles. The van der Waals surface area contributed by atoms with Crippen molar-refractivity contribution in [1.29, 1.82) is 0 Å². The fraction of sp³-hybridized carbons (Fsp3) is 0.0769. The molecule has 2 rings (SSSR count). The maximum atomic E-state index is 9.36. The van der Waals surface area contributed by atoms with Gasteiger partial charge in [0, 0.05) is 10.6 Å². The van der Waals surface area contributed by atoms with Gasteiger partial charge in [-0.25, -0.2) is 0 Å². The van der Waals surface area contributed by atoms with E-state index in [-0.39, 0.29) is 6.61 Å². The first-order chi connectivity index (χ1) is 8.54. The van der Waals surface area contributed by atoms with Crippen molar-refractivity contribution < 1.29 is 5.11 Å². The third-order valence-electron chi connectivity index (χ3n) is 2.56. The van der Waals surface area contributed by atoms with Crippen LogP contribution in [0.15, 0.2) is 30.3 Å². The molecule has 0 radical (unpaired) electrons. The van der Waals surface area contributed by atoms with Crippen LogP contribution in [0.1, 0.15) is 5.56 Å². The number of hydrogen-bond donors (Lipinski definition) is 1. The van der Waals surface area contributed by atoms with Crippen LogP contribution in [-0.4, -0.2) is 5.11 Å². The molecule has 0 saturated carbocycles. The Morgan fingerprint density at radius 1 is 0.833 bits per heavy atom. The maximum Gasteiger partial charge on any atom is 0.0784 e. The Hall–Kier alpha value is -0.440. The molecule has 0 atom stereocenters. The molecule has 5 heteroatoms. The molecule has 0 aliphatic heterocycles. The van der Waals surface area contributed by atoms with E-state index in [1.807, 2.05) is 0 Å². The third-order valence-corrected chi connectivity index (χ3v) is 4.09. The topological polar surface area (TPSA) is 20.2 Å². The van der Waals surface area contributed by atoms with Gasteiger partial charge in [-0.3, -0.25) is 0 Å². The van der Waals surface area contributed by atoms with Crippen LogP contribution in [-0.2, 0) is 6.61 Å². The molecule has 0 unspecified atom stereocenters. The zero-order valence-electron chi connectivity index (χ0n) is 9.05. The zero-order chi connectivity index (χ0) is 13.3. The summed E-state index contributed by atoms with van der Waals surface area (Å²) in [6.07, 6.45) is 0. The smallest absolute Gasteiger partial charge is 0.0784 e. The van der Waals surface area contributed by atoms with Gasteiger partial charge in [-0.2, -0.15) is 0 Å². The van der Waals surface area contributed by atoms with Crippen molar-refractivity contribution in [3.8, 4) is 11.1 Å². The molecule has 0 spiro atoms. The van der Waals surface area contributed by atoms with Crippen LogP contribution in [0.2, 0.25) is 20.1 Å². The summed E-state index contributed by atoms with van der Waals surface area (Å²) in [6, 6.07) is 8.64. The predicted molar refractivity (Wildman–Crippen MR) is 77.8 cm³/mol. The summed E-state index contributed by atoms with van der Waals surface area (Å²) in [7, 11) is 0. The molecule has 0 fully saturated rings. The highest BCUT2D eigenvalue weighted by Gasteiger charge is 2.13. The van der Waals surface area contributed by atoms with Crippen LogP contribution in [0.25, 0.3) is 11.1 Å². The first-order valence-electron chi connectivity index (χ1n) is 5.07. The van der Waals surface area contributed by atoms with E-state index >= 15 is 0 Å². The number of benzene rings is 2. The fourth-order valence-corrected chi connectivity index (χ4v) is 2.52. The van der Waals surface area contributed by atoms with Crippen LogP contribution in [0.5, 0.6) is 0 Å². The minimum atomic E-state index is -0.132. The molecule has 0 heterocycles. The summed E-state index contributed by atoms with van der Waals surface area (Å²) in [5, 5.41) is 11.0. The van der Waals surface area contributed by atoms with E-state index in [9.17, 15) is 5.11 Å². The number of rotatable bonds is 2. The maximum absolute atomic E-state index is 9.36. The lowest BCUT2D eigenvalue weighted by Gasteiger charge is -2.11. The Morgan fingerprint density at radius 3 is 2.17 bits per heavy atom. The van der Waals surface area contributed by atoms with E-state index in [1.54, 1.807) is 30.3 Å². The van der Waals surface area contributed by atoms with E-state index in [1.165, 1.54) is 0 Å². The lowest BCUT2D eigenvalue weighted by molar-refractivity contribution is 0.282. The Bertz CT molecular complexity index is 596. The lowest BCUT2D eigenvalue weighted by Crippen LogP contribution is -1.91. The summed E-state index contributed by atoms with van der Waals surface area (Å²) in [5.41, 5.74) is 2.18. The monoisotopic (exact) mass is 320 g/mol. The van der Waals surface area contributed by atoms with Crippen LogP contribution < -0.4 is 0 Å². The summed E-state index contributed by atoms with van der Waals surface area (Å²) in [6.45, 7) is -0.132. The molecule has 2 aromatic rings. The molecule has 2 aromatic carbocycles. The molecule has 1 N–H and O–H groups in total. The largest absolute Gasteiger partial charge is 0.392 e. The first kappa shape index (κ1) is 14.0. The van der Waals surface area contributed by atoms with Crippen molar-refractivity contribution in [3.05, 3.63) is 56.0 Å². The van der Waals surface area contributed by atoms with Crippen molar-refractivity contribution in [1.82, 2.24) is 0 Å². The highest BCUT2D eigenvalue weighted by Crippen LogP contribution is 2.39. The van der Waals surface area contributed by atoms with Crippen LogP contribution >= 0.6 is 46.4 Å². The average Bonchev–Trinajstić information content (AvgIpc) is 2.37. The second kappa shape index (κ2) is 5.68.